The second kappa shape index (κ2) is 33.8. The predicted octanol–water partition coefficient (Wildman–Crippen LogP) is 24.4. The molecule has 5 aromatic heterocycles. The third kappa shape index (κ3) is 19.0. The molecule has 404 valence electrons. The number of hydrogen-bond donors (Lipinski definition) is 0. The number of aromatic nitrogens is 2. The fraction of sp³-hybridized carbons (Fsp3) is 0.656. The summed E-state index contributed by atoms with van der Waals surface area (Å²) in [5.74, 6) is -0.469. The van der Waals surface area contributed by atoms with Crippen molar-refractivity contribution in [3.63, 3.8) is 0 Å². The van der Waals surface area contributed by atoms with Crippen LogP contribution in [0, 0.1) is 37.3 Å². The molecule has 5 heterocycles. The van der Waals surface area contributed by atoms with E-state index in [1.54, 1.807) is 22.7 Å². The van der Waals surface area contributed by atoms with Crippen molar-refractivity contribution in [1.82, 2.24) is 8.75 Å². The molecule has 0 aliphatic rings. The van der Waals surface area contributed by atoms with Crippen molar-refractivity contribution in [3.05, 3.63) is 68.9 Å². The highest BCUT2D eigenvalue weighted by Crippen LogP contribution is 2.49. The van der Waals surface area contributed by atoms with E-state index in [0.717, 1.165) is 44.8 Å². The topological polar surface area (TPSA) is 25.8 Å². The Bertz CT molecular complexity index is 2430. The van der Waals surface area contributed by atoms with Crippen molar-refractivity contribution in [2.75, 3.05) is 0 Å². The Labute approximate surface area is 463 Å². The maximum absolute atomic E-state index is 17.5. The Kier molecular flexibility index (Phi) is 27.7. The van der Waals surface area contributed by atoms with Gasteiger partial charge in [-0.1, -0.05) is 233 Å². The first-order valence-corrected chi connectivity index (χ1v) is 33.8. The van der Waals surface area contributed by atoms with Crippen molar-refractivity contribution in [3.8, 4) is 40.4 Å². The molecule has 0 aliphatic heterocycles. The number of hydrogen-bond acceptors (Lipinski definition) is 7. The van der Waals surface area contributed by atoms with Crippen LogP contribution >= 0.6 is 57.1 Å². The predicted molar refractivity (Wildman–Crippen MR) is 325 cm³/mol. The molecule has 0 aliphatic carbocycles. The van der Waals surface area contributed by atoms with Crippen molar-refractivity contribution >= 4 is 68.1 Å². The summed E-state index contributed by atoms with van der Waals surface area (Å²) in [6, 6.07) is 13.5. The molecule has 0 bridgehead atoms. The van der Waals surface area contributed by atoms with Gasteiger partial charge in [0.2, 0.25) is 0 Å². The molecule has 0 saturated heterocycles. The average Bonchev–Trinajstić information content (AvgIpc) is 4.26. The summed E-state index contributed by atoms with van der Waals surface area (Å²) in [6.07, 6.45) is 43.3. The van der Waals surface area contributed by atoms with E-state index in [4.69, 9.17) is 8.75 Å². The van der Waals surface area contributed by atoms with Crippen LogP contribution < -0.4 is 0 Å². The Morgan fingerprint density at radius 2 is 0.781 bits per heavy atom. The second-order valence-corrected chi connectivity index (χ2v) is 27.1. The van der Waals surface area contributed by atoms with Crippen LogP contribution in [0.25, 0.3) is 51.4 Å². The second-order valence-electron chi connectivity index (χ2n) is 21.9. The monoisotopic (exact) mass is 1090 g/mol. The van der Waals surface area contributed by atoms with Gasteiger partial charge >= 0.3 is 0 Å². The lowest BCUT2D eigenvalue weighted by atomic mass is 9.87. The fourth-order valence-electron chi connectivity index (χ4n) is 11.3. The molecule has 2 nitrogen and oxygen atoms in total. The third-order valence-electron chi connectivity index (χ3n) is 15.5. The summed E-state index contributed by atoms with van der Waals surface area (Å²) in [5.41, 5.74) is 4.04. The zero-order valence-electron chi connectivity index (χ0n) is 46.4. The van der Waals surface area contributed by atoms with Gasteiger partial charge in [0.15, 0.2) is 11.6 Å². The smallest absolute Gasteiger partial charge is 0.170 e. The van der Waals surface area contributed by atoms with E-state index in [2.05, 4.69) is 77.9 Å². The van der Waals surface area contributed by atoms with Crippen LogP contribution in [0.4, 0.5) is 8.78 Å². The van der Waals surface area contributed by atoms with Gasteiger partial charge in [-0.25, -0.2) is 8.78 Å². The summed E-state index contributed by atoms with van der Waals surface area (Å²) in [5, 5.41) is 0. The molecular formula is C64H94F2N2S5. The Hall–Kier alpha value is -2.30. The molecule has 2 atom stereocenters. The van der Waals surface area contributed by atoms with E-state index in [0.29, 0.717) is 28.4 Å². The van der Waals surface area contributed by atoms with Crippen LogP contribution in [-0.2, 0) is 12.8 Å². The van der Waals surface area contributed by atoms with Gasteiger partial charge < -0.3 is 0 Å². The summed E-state index contributed by atoms with van der Waals surface area (Å²) in [6.45, 7) is 13.5. The summed E-state index contributed by atoms with van der Waals surface area (Å²) in [4.78, 5) is 9.02. The molecule has 0 spiro atoms. The molecule has 0 amide bonds. The standard InChI is InChI=1S/C64H94F2N2S5/c1-7-11-15-19-23-25-29-33-36-49(35-31-27-21-17-13-9-3)44-51-43-48(6)70-64(51)58-60(66)59(65)57(61-62(58)68-73-67-61)56-46-52(63(72-56)55-42-41-54(71-55)53-40-39-47(5)69-53)45-50(37-32-28-22-18-14-10-4)38-34-30-26-24-20-16-12-8-2/h39-43,46,49-50H,7-38,44-45H2,1-6H3. The summed E-state index contributed by atoms with van der Waals surface area (Å²) >= 11 is 7.99. The lowest BCUT2D eigenvalue weighted by Crippen LogP contribution is -2.06. The zero-order valence-corrected chi connectivity index (χ0v) is 50.4. The van der Waals surface area contributed by atoms with Crippen molar-refractivity contribution in [1.29, 1.82) is 0 Å². The minimum absolute atomic E-state index is 0.286. The molecule has 1 aromatic carbocycles. The van der Waals surface area contributed by atoms with Gasteiger partial charge in [-0.15, -0.1) is 45.3 Å². The van der Waals surface area contributed by atoms with Gasteiger partial charge in [-0.2, -0.15) is 8.75 Å². The normalized spacial score (nSPS) is 12.8. The summed E-state index contributed by atoms with van der Waals surface area (Å²) < 4.78 is 44.7. The number of halogens is 2. The van der Waals surface area contributed by atoms with Gasteiger partial charge in [0.05, 0.1) is 22.9 Å². The number of nitrogens with zero attached hydrogens (tertiary/aromatic N) is 2. The minimum atomic E-state index is -0.780. The van der Waals surface area contributed by atoms with E-state index in [1.807, 2.05) is 22.7 Å². The third-order valence-corrected chi connectivity index (χ3v) is 20.8. The number of fused-ring (bicyclic) bond motifs is 1. The first-order valence-electron chi connectivity index (χ1n) is 29.8. The van der Waals surface area contributed by atoms with Gasteiger partial charge in [0.1, 0.15) is 11.0 Å². The first-order chi connectivity index (χ1) is 35.8. The largest absolute Gasteiger partial charge is 0.203 e. The number of aryl methyl sites for hydroxylation is 2. The molecule has 2 unspecified atom stereocenters. The number of thiophene rings is 4. The maximum Gasteiger partial charge on any atom is 0.170 e. The molecule has 73 heavy (non-hydrogen) atoms. The van der Waals surface area contributed by atoms with Gasteiger partial charge in [-0.3, -0.25) is 0 Å². The Balaban J connectivity index is 1.31. The van der Waals surface area contributed by atoms with Crippen LogP contribution in [0.3, 0.4) is 0 Å². The number of benzene rings is 1. The molecule has 0 radical (unpaired) electrons. The van der Waals surface area contributed by atoms with E-state index in [-0.39, 0.29) is 5.56 Å². The first kappa shape index (κ1) is 59.9. The molecule has 6 rings (SSSR count). The highest BCUT2D eigenvalue weighted by atomic mass is 32.1. The minimum Gasteiger partial charge on any atom is -0.203 e. The lowest BCUT2D eigenvalue weighted by Gasteiger charge is -2.18. The van der Waals surface area contributed by atoms with Crippen molar-refractivity contribution < 1.29 is 8.78 Å². The molecule has 9 heteroatoms. The van der Waals surface area contributed by atoms with Gasteiger partial charge in [0.25, 0.3) is 0 Å². The SMILES string of the molecule is CCCCCCCCCCC(CCCCCCCC)Cc1cc(-c2c(F)c(F)c(-c3sc(C)cc3CC(CCCCCCCC)CCCCCCCCCC)c3nsnc23)sc1-c1ccc(-c2ccc(C)s2)s1. The van der Waals surface area contributed by atoms with Gasteiger partial charge in [-0.05, 0) is 86.1 Å². The van der Waals surface area contributed by atoms with Crippen LogP contribution in [0.2, 0.25) is 0 Å². The molecule has 0 N–H and O–H groups in total. The average molecular weight is 1090 g/mol. The summed E-state index contributed by atoms with van der Waals surface area (Å²) in [7, 11) is 0. The van der Waals surface area contributed by atoms with E-state index >= 15 is 8.78 Å². The molecule has 0 saturated carbocycles. The Morgan fingerprint density at radius 1 is 0.384 bits per heavy atom. The quantitative estimate of drug-likeness (QED) is 0.0358. The lowest BCUT2D eigenvalue weighted by molar-refractivity contribution is 0.401. The van der Waals surface area contributed by atoms with Crippen LogP contribution in [0.5, 0.6) is 0 Å². The van der Waals surface area contributed by atoms with E-state index in [9.17, 15) is 0 Å². The van der Waals surface area contributed by atoms with E-state index < -0.39 is 11.6 Å². The molecule has 0 fully saturated rings. The maximum atomic E-state index is 17.5. The Morgan fingerprint density at radius 3 is 1.25 bits per heavy atom. The molecule has 6 aromatic rings. The fourth-order valence-corrected chi connectivity index (χ4v) is 16.2. The van der Waals surface area contributed by atoms with Crippen LogP contribution in [0.1, 0.15) is 254 Å². The number of unbranched alkanes of at least 4 members (excludes halogenated alkanes) is 24. The highest BCUT2D eigenvalue weighted by molar-refractivity contribution is 7.27. The van der Waals surface area contributed by atoms with E-state index in [1.165, 1.54) is 235 Å². The molecular weight excluding hydrogens is 995 g/mol. The zero-order chi connectivity index (χ0) is 51.6. The van der Waals surface area contributed by atoms with Gasteiger partial charge in [0, 0.05) is 39.0 Å². The number of rotatable bonds is 40. The van der Waals surface area contributed by atoms with Crippen molar-refractivity contribution in [2.24, 2.45) is 11.8 Å². The highest BCUT2D eigenvalue weighted by Gasteiger charge is 2.30. The van der Waals surface area contributed by atoms with Crippen molar-refractivity contribution in [2.45, 2.75) is 260 Å². The van der Waals surface area contributed by atoms with Crippen LogP contribution in [0.15, 0.2) is 36.4 Å². The van der Waals surface area contributed by atoms with Crippen LogP contribution in [-0.4, -0.2) is 8.75 Å².